The van der Waals surface area contributed by atoms with Crippen molar-refractivity contribution in [1.82, 2.24) is 30.1 Å². The fraction of sp³-hybridized carbons (Fsp3) is 0.250. The maximum absolute atomic E-state index is 12.9. The average molecular weight is 324 g/mol. The maximum Gasteiger partial charge on any atom is 0.272 e. The Labute approximate surface area is 137 Å². The number of carbonyl (C=O) groups excluding carboxylic acids is 1. The van der Waals surface area contributed by atoms with Crippen molar-refractivity contribution in [1.29, 1.82) is 0 Å². The molecule has 4 rings (SSSR count). The molecule has 0 radical (unpaired) electrons. The number of hydrogen-bond donors (Lipinski definition) is 2. The first kappa shape index (κ1) is 14.6. The van der Waals surface area contributed by atoms with Gasteiger partial charge in [-0.2, -0.15) is 20.5 Å². The molecule has 1 saturated heterocycles. The highest BCUT2D eigenvalue weighted by atomic mass is 16.3. The lowest BCUT2D eigenvalue weighted by Crippen LogP contribution is -2.35. The molecule has 1 atom stereocenters. The number of aromatic nitrogens is 5. The smallest absolute Gasteiger partial charge is 0.272 e. The van der Waals surface area contributed by atoms with Crippen LogP contribution < -0.4 is 0 Å². The lowest BCUT2D eigenvalue weighted by atomic mass is 10.00. The number of nitrogens with zero attached hydrogens (tertiary/aromatic N) is 5. The Kier molecular flexibility index (Phi) is 3.39. The van der Waals surface area contributed by atoms with Crippen LogP contribution in [0.5, 0.6) is 0 Å². The van der Waals surface area contributed by atoms with Crippen LogP contribution in [0.15, 0.2) is 48.8 Å². The predicted octanol–water partition coefficient (Wildman–Crippen LogP) is 0.724. The lowest BCUT2D eigenvalue weighted by molar-refractivity contribution is 0.0379. The molecule has 1 aliphatic heterocycles. The standard InChI is InChI=1S/C16H16N6O2/c23-15(13-6-8-18-22(13)12-4-2-1-3-5-12)21-9-7-16(24,11-21)14-10-17-20-19-14/h1-6,8,10,24H,7,9,11H2,(H,17,19,20). The Morgan fingerprint density at radius 2 is 2.08 bits per heavy atom. The van der Waals surface area contributed by atoms with Gasteiger partial charge in [0.2, 0.25) is 0 Å². The Hall–Kier alpha value is -3.00. The highest BCUT2D eigenvalue weighted by Crippen LogP contribution is 2.31. The Balaban J connectivity index is 1.59. The van der Waals surface area contributed by atoms with Gasteiger partial charge in [0.25, 0.3) is 5.91 Å². The van der Waals surface area contributed by atoms with Gasteiger partial charge < -0.3 is 10.0 Å². The third-order valence-corrected chi connectivity index (χ3v) is 4.29. The van der Waals surface area contributed by atoms with Crippen molar-refractivity contribution in [2.24, 2.45) is 0 Å². The van der Waals surface area contributed by atoms with Gasteiger partial charge in [-0.25, -0.2) is 4.68 Å². The van der Waals surface area contributed by atoms with E-state index in [0.717, 1.165) is 5.69 Å². The summed E-state index contributed by atoms with van der Waals surface area (Å²) in [5.41, 5.74) is 0.567. The Morgan fingerprint density at radius 3 is 2.83 bits per heavy atom. The van der Waals surface area contributed by atoms with Gasteiger partial charge in [-0.15, -0.1) is 0 Å². The monoisotopic (exact) mass is 324 g/mol. The number of carbonyl (C=O) groups is 1. The van der Waals surface area contributed by atoms with Gasteiger partial charge in [-0.1, -0.05) is 18.2 Å². The van der Waals surface area contributed by atoms with Gasteiger partial charge in [0.1, 0.15) is 17.0 Å². The summed E-state index contributed by atoms with van der Waals surface area (Å²) in [7, 11) is 0. The second kappa shape index (κ2) is 5.57. The number of hydrogen-bond acceptors (Lipinski definition) is 5. The number of aliphatic hydroxyl groups is 1. The van der Waals surface area contributed by atoms with Gasteiger partial charge in [0, 0.05) is 13.0 Å². The van der Waals surface area contributed by atoms with Crippen molar-refractivity contribution in [3.63, 3.8) is 0 Å². The van der Waals surface area contributed by atoms with Crippen LogP contribution >= 0.6 is 0 Å². The first-order chi connectivity index (χ1) is 11.7. The lowest BCUT2D eigenvalue weighted by Gasteiger charge is -2.21. The second-order valence-electron chi connectivity index (χ2n) is 5.83. The molecule has 1 aliphatic rings. The van der Waals surface area contributed by atoms with Crippen LogP contribution in [0.3, 0.4) is 0 Å². The molecule has 0 aliphatic carbocycles. The van der Waals surface area contributed by atoms with Crippen LogP contribution in [-0.4, -0.2) is 54.2 Å². The minimum atomic E-state index is -1.17. The first-order valence-electron chi connectivity index (χ1n) is 7.65. The van der Waals surface area contributed by atoms with E-state index in [1.54, 1.807) is 21.8 Å². The van der Waals surface area contributed by atoms with E-state index in [0.29, 0.717) is 24.4 Å². The molecule has 1 fully saturated rings. The molecule has 0 spiro atoms. The number of aromatic amines is 1. The predicted molar refractivity (Wildman–Crippen MR) is 84.4 cm³/mol. The number of likely N-dealkylation sites (tertiary alicyclic amines) is 1. The summed E-state index contributed by atoms with van der Waals surface area (Å²) in [6, 6.07) is 11.2. The summed E-state index contributed by atoms with van der Waals surface area (Å²) in [6.07, 6.45) is 3.51. The quantitative estimate of drug-likeness (QED) is 0.739. The van der Waals surface area contributed by atoms with E-state index >= 15 is 0 Å². The van der Waals surface area contributed by atoms with Gasteiger partial charge in [0.05, 0.1) is 24.6 Å². The number of nitrogens with one attached hydrogen (secondary N) is 1. The van der Waals surface area contributed by atoms with Crippen molar-refractivity contribution in [2.75, 3.05) is 13.1 Å². The minimum absolute atomic E-state index is 0.171. The normalized spacial score (nSPS) is 20.5. The number of para-hydroxylation sites is 1. The topological polar surface area (TPSA) is 99.9 Å². The SMILES string of the molecule is O=C(c1ccnn1-c1ccccc1)N1CCC(O)(c2cn[nH]n2)C1. The van der Waals surface area contributed by atoms with E-state index in [-0.39, 0.29) is 12.5 Å². The number of amides is 1. The third kappa shape index (κ3) is 2.37. The minimum Gasteiger partial charge on any atom is -0.381 e. The van der Waals surface area contributed by atoms with Gasteiger partial charge in [0.15, 0.2) is 0 Å². The Bertz CT molecular complexity index is 845. The Morgan fingerprint density at radius 1 is 1.25 bits per heavy atom. The summed E-state index contributed by atoms with van der Waals surface area (Å²) in [4.78, 5) is 14.5. The largest absolute Gasteiger partial charge is 0.381 e. The zero-order valence-corrected chi connectivity index (χ0v) is 12.8. The van der Waals surface area contributed by atoms with E-state index in [1.165, 1.54) is 6.20 Å². The van der Waals surface area contributed by atoms with Crippen LogP contribution in [0.2, 0.25) is 0 Å². The molecule has 8 heteroatoms. The van der Waals surface area contributed by atoms with Crippen molar-refractivity contribution in [3.05, 3.63) is 60.2 Å². The van der Waals surface area contributed by atoms with Gasteiger partial charge in [-0.3, -0.25) is 4.79 Å². The maximum atomic E-state index is 12.9. The van der Waals surface area contributed by atoms with Crippen LogP contribution in [0.4, 0.5) is 0 Å². The number of rotatable bonds is 3. The van der Waals surface area contributed by atoms with E-state index in [4.69, 9.17) is 0 Å². The molecular weight excluding hydrogens is 308 g/mol. The third-order valence-electron chi connectivity index (χ3n) is 4.29. The van der Waals surface area contributed by atoms with Crippen molar-refractivity contribution < 1.29 is 9.90 Å². The molecule has 24 heavy (non-hydrogen) atoms. The molecule has 2 aromatic heterocycles. The summed E-state index contributed by atoms with van der Waals surface area (Å²) < 4.78 is 1.61. The number of β-amino-alcohol motifs (C(OH)–C–C–N with tert-alkyl or cyclic N) is 1. The van der Waals surface area contributed by atoms with Crippen molar-refractivity contribution >= 4 is 5.91 Å². The van der Waals surface area contributed by atoms with Gasteiger partial charge in [-0.05, 0) is 18.2 Å². The van der Waals surface area contributed by atoms with E-state index < -0.39 is 5.60 Å². The highest BCUT2D eigenvalue weighted by molar-refractivity contribution is 5.93. The molecule has 2 N–H and O–H groups in total. The molecule has 3 heterocycles. The van der Waals surface area contributed by atoms with E-state index in [9.17, 15) is 9.90 Å². The van der Waals surface area contributed by atoms with Crippen LogP contribution in [0, 0.1) is 0 Å². The molecule has 1 unspecified atom stereocenters. The van der Waals surface area contributed by atoms with Crippen LogP contribution in [0.1, 0.15) is 22.6 Å². The van der Waals surface area contributed by atoms with Crippen LogP contribution in [-0.2, 0) is 5.60 Å². The van der Waals surface area contributed by atoms with Crippen molar-refractivity contribution in [2.45, 2.75) is 12.0 Å². The highest BCUT2D eigenvalue weighted by Gasteiger charge is 2.42. The molecule has 1 amide bonds. The molecule has 3 aromatic rings. The van der Waals surface area contributed by atoms with E-state index in [2.05, 4.69) is 20.5 Å². The molecule has 8 nitrogen and oxygen atoms in total. The first-order valence-corrected chi connectivity index (χ1v) is 7.65. The van der Waals surface area contributed by atoms with Crippen molar-refractivity contribution in [3.8, 4) is 5.69 Å². The number of H-pyrrole nitrogens is 1. The molecule has 0 saturated carbocycles. The average Bonchev–Trinajstić information content (AvgIpc) is 3.35. The zero-order valence-electron chi connectivity index (χ0n) is 12.8. The molecule has 0 bridgehead atoms. The second-order valence-corrected chi connectivity index (χ2v) is 5.83. The number of benzene rings is 1. The molecule has 122 valence electrons. The summed E-state index contributed by atoms with van der Waals surface area (Å²) >= 11 is 0. The molecular formula is C16H16N6O2. The summed E-state index contributed by atoms with van der Waals surface area (Å²) in [5, 5.41) is 25.1. The van der Waals surface area contributed by atoms with Gasteiger partial charge >= 0.3 is 0 Å². The van der Waals surface area contributed by atoms with E-state index in [1.807, 2.05) is 30.3 Å². The summed E-state index contributed by atoms with van der Waals surface area (Å²) in [5.74, 6) is -0.171. The fourth-order valence-corrected chi connectivity index (χ4v) is 3.00. The fourth-order valence-electron chi connectivity index (χ4n) is 3.00. The van der Waals surface area contributed by atoms with Crippen LogP contribution in [0.25, 0.3) is 5.69 Å². The summed E-state index contributed by atoms with van der Waals surface area (Å²) in [6.45, 7) is 0.625. The molecule has 1 aromatic carbocycles. The zero-order chi connectivity index (χ0) is 16.6.